The maximum Gasteiger partial charge on any atom is 2.00 e. The molecule has 0 fully saturated rings. The van der Waals surface area contributed by atoms with E-state index in [0.717, 1.165) is 78.0 Å². The van der Waals surface area contributed by atoms with E-state index in [2.05, 4.69) is 28.6 Å². The summed E-state index contributed by atoms with van der Waals surface area (Å²) in [5.74, 6) is -1.88. The third-order valence-corrected chi connectivity index (χ3v) is 5.76. The van der Waals surface area contributed by atoms with Crippen molar-refractivity contribution in [2.75, 3.05) is 0 Å². The van der Waals surface area contributed by atoms with Crippen LogP contribution in [0.5, 0.6) is 0 Å². The molecule has 0 aliphatic heterocycles. The molecule has 498 valence electrons. The molecule has 0 saturated heterocycles. The second-order valence-corrected chi connectivity index (χ2v) is 12.8. The van der Waals surface area contributed by atoms with E-state index < -0.39 is 48.4 Å². The molecule has 0 spiro atoms. The average Bonchev–Trinajstić information content (AvgIpc) is 4.20. The maximum atomic E-state index is 10.6. The van der Waals surface area contributed by atoms with E-state index in [9.17, 15) is 48.3 Å². The zero-order chi connectivity index (χ0) is 64.2. The topological polar surface area (TPSA) is 337 Å². The Morgan fingerprint density at radius 3 is 0.721 bits per heavy atom. The summed E-state index contributed by atoms with van der Waals surface area (Å²) in [4.78, 5) is 50.6. The molecule has 0 bridgehead atoms. The number of carboxylic acid groups (broad SMARTS) is 5. The minimum absolute atomic E-state index is 0. The molecule has 0 unspecified atom stereocenters. The van der Waals surface area contributed by atoms with Crippen molar-refractivity contribution in [1.29, 1.82) is 0 Å². The first kappa shape index (κ1) is 104. The molecular weight excluding hydrogens is 1570 g/mol. The summed E-state index contributed by atoms with van der Waals surface area (Å²) >= 11 is 0. The number of alkyl halides is 9. The van der Waals surface area contributed by atoms with E-state index in [4.69, 9.17) is 90.9 Å². The summed E-state index contributed by atoms with van der Waals surface area (Å²) in [6.07, 6.45) is -0.172. The number of aryl methyl sites for hydroxylation is 7. The Labute approximate surface area is 538 Å². The van der Waals surface area contributed by atoms with Crippen LogP contribution in [0.3, 0.4) is 0 Å². The third-order valence-electron chi connectivity index (χ3n) is 5.76. The van der Waals surface area contributed by atoms with Gasteiger partial charge in [-0.1, -0.05) is 45.5 Å². The molecule has 0 saturated carbocycles. The van der Waals surface area contributed by atoms with Crippen molar-refractivity contribution in [3.8, 4) is 36.1 Å². The minimum Gasteiger partial charge on any atom is -0.596 e. The largest absolute Gasteiger partial charge is 2.00 e. The molecule has 86 heavy (non-hydrogen) atoms. The van der Waals surface area contributed by atoms with Crippen LogP contribution in [0.25, 0.3) is 11.5 Å². The van der Waals surface area contributed by atoms with Gasteiger partial charge in [-0.2, -0.15) is 68.2 Å². The normalized spacial score (nSPS) is 8.40. The van der Waals surface area contributed by atoms with Gasteiger partial charge in [0.25, 0.3) is 11.9 Å². The van der Waals surface area contributed by atoms with Gasteiger partial charge in [0, 0.05) is 75.1 Å². The van der Waals surface area contributed by atoms with Gasteiger partial charge in [0.05, 0.1) is 12.5 Å². The number of halogens is 11. The van der Waals surface area contributed by atoms with Gasteiger partial charge in [0.15, 0.2) is 36.1 Å². The fourth-order valence-electron chi connectivity index (χ4n) is 2.83. The Balaban J connectivity index is -0.0000000792. The first-order chi connectivity index (χ1) is 37.3. The fourth-order valence-corrected chi connectivity index (χ4v) is 2.83. The summed E-state index contributed by atoms with van der Waals surface area (Å²) < 4.78 is 150. The summed E-state index contributed by atoms with van der Waals surface area (Å²) in [6, 6.07) is 26.1. The molecule has 7 aromatic heterocycles. The molecule has 36 heteroatoms. The van der Waals surface area contributed by atoms with Crippen LogP contribution in [0.2, 0.25) is 0 Å². The molecule has 7 N–H and O–H groups in total. The van der Waals surface area contributed by atoms with Gasteiger partial charge < -0.3 is 56.5 Å². The van der Waals surface area contributed by atoms with Gasteiger partial charge in [-0.05, 0) is 95.0 Å². The summed E-state index contributed by atoms with van der Waals surface area (Å²) in [6.45, 7) is 15.5. The molecule has 7 rings (SSSR count). The standard InChI is InChI=1S/C10H10O2.2C5H6O.3C5H5O.3C2HF3O2.2C2HFO2.2C2H4O2.CH4.4Pd/c1-7-3-5-9(11-7)10-6-4-8(2)12-10;5*1-5-3-2-4-6-5;3*3-2(4,5)1(6)7;2*3-1-2-5-4;2*1-2(3)4;;;;;/h3-6H,1-2H3;2*2-4H,1H3;3*2-3H,1H3;3*(H,6,7);2*4H;2*1H3,(H,3,4);1H4;;;;/q;;;3*-1;;;;;;;;;;;;+2. The van der Waals surface area contributed by atoms with Crippen molar-refractivity contribution in [3.05, 3.63) is 157 Å². The smallest absolute Gasteiger partial charge is 0.596 e. The molecule has 0 radical (unpaired) electrons. The van der Waals surface area contributed by atoms with Crippen molar-refractivity contribution in [2.45, 2.75) is 88.3 Å². The molecule has 0 atom stereocenters. The Morgan fingerprint density at radius 2 is 0.663 bits per heavy atom. The van der Waals surface area contributed by atoms with Crippen molar-refractivity contribution in [1.82, 2.24) is 0 Å². The van der Waals surface area contributed by atoms with Crippen LogP contribution in [0, 0.1) is 91.8 Å². The van der Waals surface area contributed by atoms with E-state index in [0.29, 0.717) is 0 Å². The summed E-state index contributed by atoms with van der Waals surface area (Å²) in [5, 5.41) is 50.5. The predicted octanol–water partition coefficient (Wildman–Crippen LogP) is 13.9. The van der Waals surface area contributed by atoms with Crippen molar-refractivity contribution >= 4 is 29.8 Å². The van der Waals surface area contributed by atoms with Crippen molar-refractivity contribution < 1.29 is 231 Å². The van der Waals surface area contributed by atoms with Gasteiger partial charge in [0.2, 0.25) is 0 Å². The molecule has 0 amide bonds. The number of hydrogen-bond acceptors (Lipinski definition) is 16. The quantitative estimate of drug-likeness (QED) is 0.0200. The van der Waals surface area contributed by atoms with Crippen LogP contribution < -0.4 is 0 Å². The zero-order valence-corrected chi connectivity index (χ0v) is 50.7. The van der Waals surface area contributed by atoms with E-state index in [1.165, 1.54) is 12.2 Å². The van der Waals surface area contributed by atoms with Crippen LogP contribution in [-0.2, 0) is 115 Å². The second-order valence-electron chi connectivity index (χ2n) is 12.8. The Kier molecular flexibility index (Phi) is 77.0. The van der Waals surface area contributed by atoms with E-state index >= 15 is 0 Å². The predicted molar refractivity (Wildman–Crippen MR) is 259 cm³/mol. The van der Waals surface area contributed by atoms with Gasteiger partial charge in [-0.15, -0.1) is 27.0 Å². The van der Waals surface area contributed by atoms with Crippen LogP contribution in [-0.4, -0.2) is 84.4 Å². The van der Waals surface area contributed by atoms with Crippen LogP contribution >= 0.6 is 0 Å². The average molecular weight is 1630 g/mol. The fraction of sp³-hybridized carbons (Fsp3) is 0.260. The van der Waals surface area contributed by atoms with E-state index in [-0.39, 0.29) is 89.1 Å². The zero-order valence-electron chi connectivity index (χ0n) is 44.5. The molecule has 7 heterocycles. The summed E-state index contributed by atoms with van der Waals surface area (Å²) in [5.41, 5.74) is 0. The van der Waals surface area contributed by atoms with E-state index in [1.54, 1.807) is 30.7 Å². The third kappa shape index (κ3) is 85.6. The van der Waals surface area contributed by atoms with Crippen molar-refractivity contribution in [3.63, 3.8) is 0 Å². The van der Waals surface area contributed by atoms with E-state index in [1.807, 2.05) is 115 Å². The first-order valence-corrected chi connectivity index (χ1v) is 20.4. The Morgan fingerprint density at radius 1 is 0.442 bits per heavy atom. The maximum absolute atomic E-state index is 10.6. The Hall–Kier alpha value is -7.17. The number of aliphatic carboxylic acids is 5. The molecule has 0 aliphatic rings. The number of furan rings is 7. The second kappa shape index (κ2) is 63.8. The number of carboxylic acids is 5. The van der Waals surface area contributed by atoms with Crippen molar-refractivity contribution in [2.24, 2.45) is 0 Å². The van der Waals surface area contributed by atoms with Crippen LogP contribution in [0.1, 0.15) is 61.6 Å². The molecule has 0 aliphatic carbocycles. The first-order valence-electron chi connectivity index (χ1n) is 20.4. The minimum atomic E-state index is -5.08. The van der Waals surface area contributed by atoms with Gasteiger partial charge >= 0.3 is 56.9 Å². The molecule has 0 aromatic carbocycles. The van der Waals surface area contributed by atoms with Crippen LogP contribution in [0.15, 0.2) is 128 Å². The number of hydrogen-bond donors (Lipinski definition) is 7. The molecule has 21 nitrogen and oxygen atoms in total. The van der Waals surface area contributed by atoms with Gasteiger partial charge in [-0.25, -0.2) is 14.4 Å². The SMILES string of the molecule is C.CC(=O)O.CC(=O)O.Cc1cc[c-]o1.Cc1cc[c-]o1.Cc1cc[c-]o1.Cc1ccc(-c2ccc(C)o2)o1.Cc1ccco1.Cc1ccco1.O=C(O)C(F)(F)F.O=C(O)C(F)(F)F.O=C(O)C(F)(F)F.OOC#CF.OOC#CF.[Pd+2].[Pd].[Pd].[Pd]. The van der Waals surface area contributed by atoms with Gasteiger partial charge in [0.1, 0.15) is 23.0 Å². The van der Waals surface area contributed by atoms with Gasteiger partial charge in [-0.3, -0.25) is 19.4 Å². The molecular formula is C50H54F11O21Pd4-. The summed E-state index contributed by atoms with van der Waals surface area (Å²) in [7, 11) is 0. The number of carbonyl (C=O) groups is 5. The Bertz CT molecular complexity index is 2400. The molecule has 7 aromatic rings. The van der Waals surface area contributed by atoms with Crippen LogP contribution in [0.4, 0.5) is 48.3 Å². The monoisotopic (exact) mass is 1620 g/mol. The number of rotatable bonds is 1.